The van der Waals surface area contributed by atoms with Gasteiger partial charge in [-0.05, 0) is 65.3 Å². The molecule has 0 saturated carbocycles. The number of rotatable bonds is 5. The largest absolute Gasteiger partial charge is 0.480 e. The maximum Gasteiger partial charge on any atom is 0.265 e. The molecule has 0 bridgehead atoms. The van der Waals surface area contributed by atoms with E-state index in [-0.39, 0.29) is 5.91 Å². The van der Waals surface area contributed by atoms with Crippen LogP contribution in [0.3, 0.4) is 0 Å². The Hall–Kier alpha value is -1.76. The summed E-state index contributed by atoms with van der Waals surface area (Å²) < 4.78 is 11.8. The zero-order valence-corrected chi connectivity index (χ0v) is 16.7. The Kier molecular flexibility index (Phi) is 6.40. The first-order valence-electron chi connectivity index (χ1n) is 8.38. The lowest BCUT2D eigenvalue weighted by atomic mass is 10.2. The minimum Gasteiger partial charge on any atom is -0.480 e. The van der Waals surface area contributed by atoms with Crippen LogP contribution >= 0.6 is 27.5 Å². The molecule has 1 aliphatic heterocycles. The van der Waals surface area contributed by atoms with Crippen LogP contribution in [0.1, 0.15) is 6.92 Å². The Morgan fingerprint density at radius 1 is 1.23 bits per heavy atom. The van der Waals surface area contributed by atoms with Crippen molar-refractivity contribution >= 4 is 44.8 Å². The molecule has 1 N–H and O–H groups in total. The number of anilines is 2. The molecular formula is C19H20BrClN2O3. The van der Waals surface area contributed by atoms with Crippen LogP contribution in [-0.2, 0) is 9.53 Å². The Bertz CT molecular complexity index is 764. The van der Waals surface area contributed by atoms with Crippen molar-refractivity contribution in [2.24, 2.45) is 0 Å². The van der Waals surface area contributed by atoms with Gasteiger partial charge >= 0.3 is 0 Å². The van der Waals surface area contributed by atoms with E-state index in [9.17, 15) is 4.79 Å². The fraction of sp³-hybridized carbons (Fsp3) is 0.316. The summed E-state index contributed by atoms with van der Waals surface area (Å²) in [7, 11) is 0. The van der Waals surface area contributed by atoms with Gasteiger partial charge in [-0.3, -0.25) is 4.79 Å². The first-order valence-corrected chi connectivity index (χ1v) is 9.55. The summed E-state index contributed by atoms with van der Waals surface area (Å²) in [5, 5.41) is 3.47. The smallest absolute Gasteiger partial charge is 0.265 e. The van der Waals surface area contributed by atoms with Gasteiger partial charge in [-0.2, -0.15) is 0 Å². The predicted molar refractivity (Wildman–Crippen MR) is 107 cm³/mol. The Labute approximate surface area is 166 Å². The first kappa shape index (κ1) is 19.0. The van der Waals surface area contributed by atoms with Gasteiger partial charge in [0.2, 0.25) is 0 Å². The zero-order valence-electron chi connectivity index (χ0n) is 14.4. The van der Waals surface area contributed by atoms with Crippen LogP contribution in [0.2, 0.25) is 5.02 Å². The second kappa shape index (κ2) is 8.75. The summed E-state index contributed by atoms with van der Waals surface area (Å²) in [4.78, 5) is 14.6. The zero-order chi connectivity index (χ0) is 18.5. The highest BCUT2D eigenvalue weighted by atomic mass is 79.9. The second-order valence-corrected chi connectivity index (χ2v) is 7.26. The molecule has 1 saturated heterocycles. The molecule has 2 aromatic carbocycles. The minimum atomic E-state index is -0.647. The maximum absolute atomic E-state index is 12.4. The van der Waals surface area contributed by atoms with Crippen LogP contribution < -0.4 is 15.0 Å². The molecule has 1 aliphatic rings. The number of hydrogen-bond acceptors (Lipinski definition) is 4. The molecule has 26 heavy (non-hydrogen) atoms. The van der Waals surface area contributed by atoms with Gasteiger partial charge in [0.1, 0.15) is 5.75 Å². The SMILES string of the molecule is C[C@H](Oc1ccc(Cl)cc1Br)C(=O)Nc1ccc(N2CCOCC2)cc1. The number of carbonyl (C=O) groups excluding carboxylic acids is 1. The molecule has 0 radical (unpaired) electrons. The van der Waals surface area contributed by atoms with Crippen molar-refractivity contribution < 1.29 is 14.3 Å². The topological polar surface area (TPSA) is 50.8 Å². The van der Waals surface area contributed by atoms with Crippen LogP contribution in [0.5, 0.6) is 5.75 Å². The summed E-state index contributed by atoms with van der Waals surface area (Å²) in [5.41, 5.74) is 1.86. The van der Waals surface area contributed by atoms with E-state index in [1.807, 2.05) is 24.3 Å². The number of benzene rings is 2. The van der Waals surface area contributed by atoms with Gasteiger partial charge in [0.15, 0.2) is 6.10 Å². The number of ether oxygens (including phenoxy) is 2. The number of nitrogens with one attached hydrogen (secondary N) is 1. The highest BCUT2D eigenvalue weighted by molar-refractivity contribution is 9.10. The molecule has 1 fully saturated rings. The normalized spacial score (nSPS) is 15.4. The summed E-state index contributed by atoms with van der Waals surface area (Å²) in [5.74, 6) is 0.352. The summed E-state index contributed by atoms with van der Waals surface area (Å²) in [6, 6.07) is 13.0. The molecule has 1 amide bonds. The molecule has 1 atom stereocenters. The molecule has 138 valence electrons. The third-order valence-corrected chi connectivity index (χ3v) is 4.93. The van der Waals surface area contributed by atoms with Gasteiger partial charge in [-0.1, -0.05) is 11.6 Å². The molecule has 7 heteroatoms. The van der Waals surface area contributed by atoms with Gasteiger partial charge in [0, 0.05) is 29.5 Å². The standard InChI is InChI=1S/C19H20BrClN2O3/c1-13(26-18-7-2-14(21)12-17(18)20)19(24)22-15-3-5-16(6-4-15)23-8-10-25-11-9-23/h2-7,12-13H,8-11H2,1H3,(H,22,24)/t13-/m0/s1. The van der Waals surface area contributed by atoms with E-state index < -0.39 is 6.10 Å². The Morgan fingerprint density at radius 2 is 1.92 bits per heavy atom. The van der Waals surface area contributed by atoms with Crippen LogP contribution in [0.4, 0.5) is 11.4 Å². The van der Waals surface area contributed by atoms with Gasteiger partial charge in [-0.15, -0.1) is 0 Å². The Balaban J connectivity index is 1.58. The summed E-state index contributed by atoms with van der Waals surface area (Å²) >= 11 is 9.30. The molecule has 0 spiro atoms. The van der Waals surface area contributed by atoms with Gasteiger partial charge in [0.25, 0.3) is 5.91 Å². The predicted octanol–water partition coefficient (Wildman–Crippen LogP) is 4.35. The van der Waals surface area contributed by atoms with Crippen LogP contribution in [0.15, 0.2) is 46.9 Å². The first-order chi connectivity index (χ1) is 12.5. The van der Waals surface area contributed by atoms with Crippen molar-refractivity contribution in [3.8, 4) is 5.75 Å². The molecule has 3 rings (SSSR count). The molecule has 0 unspecified atom stereocenters. The highest BCUT2D eigenvalue weighted by Gasteiger charge is 2.17. The summed E-state index contributed by atoms with van der Waals surface area (Å²) in [6.45, 7) is 4.96. The van der Waals surface area contributed by atoms with Crippen LogP contribution in [0, 0.1) is 0 Å². The fourth-order valence-corrected chi connectivity index (χ4v) is 3.41. The van der Waals surface area contributed by atoms with Crippen molar-refractivity contribution in [2.45, 2.75) is 13.0 Å². The molecular weight excluding hydrogens is 420 g/mol. The molecule has 0 aliphatic carbocycles. The molecule has 5 nitrogen and oxygen atoms in total. The number of halogens is 2. The van der Waals surface area contributed by atoms with E-state index >= 15 is 0 Å². The third-order valence-electron chi connectivity index (χ3n) is 4.08. The van der Waals surface area contributed by atoms with Gasteiger partial charge in [-0.25, -0.2) is 0 Å². The monoisotopic (exact) mass is 438 g/mol. The van der Waals surface area contributed by atoms with Gasteiger partial charge in [0.05, 0.1) is 17.7 Å². The van der Waals surface area contributed by atoms with Crippen molar-refractivity contribution in [1.29, 1.82) is 0 Å². The van der Waals surface area contributed by atoms with E-state index in [0.29, 0.717) is 15.2 Å². The molecule has 0 aromatic heterocycles. The average Bonchev–Trinajstić information content (AvgIpc) is 2.65. The highest BCUT2D eigenvalue weighted by Crippen LogP contribution is 2.29. The maximum atomic E-state index is 12.4. The quantitative estimate of drug-likeness (QED) is 0.753. The Morgan fingerprint density at radius 3 is 2.58 bits per heavy atom. The van der Waals surface area contributed by atoms with Crippen LogP contribution in [-0.4, -0.2) is 38.3 Å². The van der Waals surface area contributed by atoms with Gasteiger partial charge < -0.3 is 19.7 Å². The summed E-state index contributed by atoms with van der Waals surface area (Å²) in [6.07, 6.45) is -0.647. The average molecular weight is 440 g/mol. The number of nitrogens with zero attached hydrogens (tertiary/aromatic N) is 1. The third kappa shape index (κ3) is 4.90. The number of hydrogen-bond donors (Lipinski definition) is 1. The van der Waals surface area contributed by atoms with Crippen molar-refractivity contribution in [3.05, 3.63) is 52.0 Å². The van der Waals surface area contributed by atoms with E-state index in [2.05, 4.69) is 26.1 Å². The lowest BCUT2D eigenvalue weighted by Crippen LogP contribution is -2.36. The fourth-order valence-electron chi connectivity index (χ4n) is 2.64. The number of carbonyl (C=O) groups is 1. The van der Waals surface area contributed by atoms with Crippen molar-refractivity contribution in [1.82, 2.24) is 0 Å². The molecule has 1 heterocycles. The van der Waals surface area contributed by atoms with Crippen molar-refractivity contribution in [2.75, 3.05) is 36.5 Å². The lowest BCUT2D eigenvalue weighted by molar-refractivity contribution is -0.122. The van der Waals surface area contributed by atoms with E-state index in [1.165, 1.54) is 0 Å². The van der Waals surface area contributed by atoms with E-state index in [1.54, 1.807) is 25.1 Å². The minimum absolute atomic E-state index is 0.217. The number of morpholine rings is 1. The second-order valence-electron chi connectivity index (χ2n) is 5.97. The van der Waals surface area contributed by atoms with Crippen LogP contribution in [0.25, 0.3) is 0 Å². The van der Waals surface area contributed by atoms with E-state index in [0.717, 1.165) is 37.7 Å². The lowest BCUT2D eigenvalue weighted by Gasteiger charge is -2.29. The van der Waals surface area contributed by atoms with E-state index in [4.69, 9.17) is 21.1 Å². The number of amides is 1. The van der Waals surface area contributed by atoms with Crippen molar-refractivity contribution in [3.63, 3.8) is 0 Å². The molecule has 2 aromatic rings.